The van der Waals surface area contributed by atoms with Gasteiger partial charge in [0, 0.05) is 6.07 Å². The molecule has 0 atom stereocenters. The number of fused-ring (bicyclic) bond motifs is 1. The van der Waals surface area contributed by atoms with Gasteiger partial charge in [-0.1, -0.05) is 120 Å². The summed E-state index contributed by atoms with van der Waals surface area (Å²) >= 11 is 0. The Hall–Kier alpha value is -3.49. The van der Waals surface area contributed by atoms with E-state index in [0.29, 0.717) is 0 Å². The molecule has 0 aliphatic heterocycles. The molecule has 1 heterocycles. The first-order valence-corrected chi connectivity index (χ1v) is 16.5. The van der Waals surface area contributed by atoms with Crippen LogP contribution in [0.4, 0.5) is 0 Å². The van der Waals surface area contributed by atoms with Crippen LogP contribution in [0.1, 0.15) is 58.2 Å². The number of aromatic nitrogens is 1. The van der Waals surface area contributed by atoms with E-state index in [1.165, 1.54) is 54.3 Å². The van der Waals surface area contributed by atoms with Gasteiger partial charge in [-0.2, -0.15) is 0 Å². The van der Waals surface area contributed by atoms with Crippen molar-refractivity contribution in [2.75, 3.05) is 0 Å². The van der Waals surface area contributed by atoms with Gasteiger partial charge in [-0.3, -0.25) is 0 Å². The Morgan fingerprint density at radius 1 is 0.625 bits per heavy atom. The van der Waals surface area contributed by atoms with Gasteiger partial charge in [0.15, 0.2) is 14.3 Å². The normalized spacial score (nSPS) is 12.6. The first kappa shape index (κ1) is 28.1. The predicted molar refractivity (Wildman–Crippen MR) is 176 cm³/mol. The van der Waals surface area contributed by atoms with E-state index in [0.717, 1.165) is 0 Å². The number of benzene rings is 4. The van der Waals surface area contributed by atoms with E-state index in [9.17, 15) is 0 Å². The molecule has 4 aromatic carbocycles. The number of hydrogen-bond acceptors (Lipinski definition) is 0. The van der Waals surface area contributed by atoms with Crippen molar-refractivity contribution in [1.82, 2.24) is 0 Å². The summed E-state index contributed by atoms with van der Waals surface area (Å²) < 4.78 is 2.30. The molecule has 2 heteroatoms. The van der Waals surface area contributed by atoms with Crippen LogP contribution >= 0.6 is 0 Å². The lowest BCUT2D eigenvalue weighted by Crippen LogP contribution is -2.72. The summed E-state index contributed by atoms with van der Waals surface area (Å²) in [7, 11) is -0.229. The molecule has 1 nitrogen and oxygen atoms in total. The average molecular weight is 543 g/mol. The fourth-order valence-electron chi connectivity index (χ4n) is 6.65. The van der Waals surface area contributed by atoms with Gasteiger partial charge in [-0.25, -0.2) is 4.57 Å². The van der Waals surface area contributed by atoms with Gasteiger partial charge in [0.2, 0.25) is 5.69 Å². The van der Waals surface area contributed by atoms with Gasteiger partial charge in [0.25, 0.3) is 0 Å². The van der Waals surface area contributed by atoms with Crippen molar-refractivity contribution < 1.29 is 4.57 Å². The second kappa shape index (κ2) is 10.2. The summed E-state index contributed by atoms with van der Waals surface area (Å²) in [6.45, 7) is 18.7. The minimum Gasteiger partial charge on any atom is -0.200 e. The molecule has 0 unspecified atom stereocenters. The molecule has 0 fully saturated rings. The molecule has 204 valence electrons. The van der Waals surface area contributed by atoms with Gasteiger partial charge in [0.1, 0.15) is 7.05 Å². The second-order valence-electron chi connectivity index (χ2n) is 13.5. The highest BCUT2D eigenvalue weighted by molar-refractivity contribution is 7.13. The van der Waals surface area contributed by atoms with Crippen LogP contribution < -0.4 is 20.1 Å². The number of hydrogen-bond donors (Lipinski definition) is 0. The van der Waals surface area contributed by atoms with Crippen LogP contribution in [0.15, 0.2) is 103 Å². The van der Waals surface area contributed by atoms with E-state index >= 15 is 0 Å². The van der Waals surface area contributed by atoms with Crippen LogP contribution in [0, 0.1) is 13.8 Å². The van der Waals surface area contributed by atoms with Crippen molar-refractivity contribution in [3.63, 3.8) is 0 Å². The van der Waals surface area contributed by atoms with E-state index in [1.54, 1.807) is 0 Å². The summed E-state index contributed by atoms with van der Waals surface area (Å²) in [5.74, 6) is 0. The van der Waals surface area contributed by atoms with E-state index < -0.39 is 8.07 Å². The van der Waals surface area contributed by atoms with Crippen molar-refractivity contribution in [3.8, 4) is 11.3 Å². The van der Waals surface area contributed by atoms with Crippen LogP contribution in [-0.2, 0) is 12.5 Å². The van der Waals surface area contributed by atoms with Crippen LogP contribution in [-0.4, -0.2) is 8.07 Å². The lowest BCUT2D eigenvalue weighted by molar-refractivity contribution is -0.659. The summed E-state index contributed by atoms with van der Waals surface area (Å²) in [5.41, 5.74) is 6.80. The third-order valence-electron chi connectivity index (χ3n) is 8.90. The Bertz CT molecular complexity index is 1630. The van der Waals surface area contributed by atoms with Crippen molar-refractivity contribution in [1.29, 1.82) is 0 Å². The quantitative estimate of drug-likeness (QED) is 0.126. The smallest absolute Gasteiger partial charge is 0.200 e. The minimum absolute atomic E-state index is 0.0560. The molecule has 1 aromatic heterocycles. The van der Waals surface area contributed by atoms with Crippen molar-refractivity contribution in [2.45, 2.75) is 65.8 Å². The molecular formula is C38H44NSi+. The fraction of sp³-hybridized carbons (Fsp3) is 0.289. The molecule has 0 aliphatic carbocycles. The molecule has 0 amide bonds. The molecule has 40 heavy (non-hydrogen) atoms. The Morgan fingerprint density at radius 2 is 1.20 bits per heavy atom. The van der Waals surface area contributed by atoms with Gasteiger partial charge in [-0.05, 0) is 74.1 Å². The first-order valence-electron chi connectivity index (χ1n) is 14.5. The molecule has 0 bridgehead atoms. The van der Waals surface area contributed by atoms with E-state index in [2.05, 4.69) is 170 Å². The Morgan fingerprint density at radius 3 is 1.73 bits per heavy atom. The lowest BCUT2D eigenvalue weighted by atomic mass is 9.83. The Kier molecular flexibility index (Phi) is 7.13. The molecule has 0 radical (unpaired) electrons. The highest BCUT2D eigenvalue weighted by Gasteiger charge is 2.49. The topological polar surface area (TPSA) is 3.88 Å². The standard InChI is InChI=1S/C38H44NSi/c1-27-24-30(37(3,4)5)26-35(28(27)2)36-34-21-20-33(25-29(34)22-23-39(36)9)40(38(6,7)8,31-16-12-10-13-17-31)32-18-14-11-15-19-32/h10-26H,1-9H3/q+1. The van der Waals surface area contributed by atoms with Crippen LogP contribution in [0.25, 0.3) is 22.0 Å². The van der Waals surface area contributed by atoms with E-state index in [4.69, 9.17) is 0 Å². The minimum atomic E-state index is -2.41. The largest absolute Gasteiger partial charge is 0.220 e. The van der Waals surface area contributed by atoms with Crippen LogP contribution in [0.2, 0.25) is 5.04 Å². The summed E-state index contributed by atoms with van der Waals surface area (Å²) in [6, 6.07) is 37.0. The van der Waals surface area contributed by atoms with Gasteiger partial charge < -0.3 is 0 Å². The summed E-state index contributed by atoms with van der Waals surface area (Å²) in [5, 5.41) is 7.04. The molecule has 5 aromatic rings. The van der Waals surface area contributed by atoms with Gasteiger partial charge in [-0.15, -0.1) is 0 Å². The zero-order valence-corrected chi connectivity index (χ0v) is 26.8. The Labute approximate surface area is 242 Å². The zero-order valence-electron chi connectivity index (χ0n) is 25.8. The molecule has 5 rings (SSSR count). The maximum Gasteiger partial charge on any atom is 0.220 e. The molecule has 0 aliphatic rings. The summed E-state index contributed by atoms with van der Waals surface area (Å²) in [4.78, 5) is 0. The molecule has 0 spiro atoms. The van der Waals surface area contributed by atoms with E-state index in [-0.39, 0.29) is 10.5 Å². The van der Waals surface area contributed by atoms with Crippen molar-refractivity contribution in [3.05, 3.63) is 120 Å². The number of pyridine rings is 1. The third kappa shape index (κ3) is 4.63. The monoisotopic (exact) mass is 542 g/mol. The highest BCUT2D eigenvalue weighted by Crippen LogP contribution is 2.38. The molecular weight excluding hydrogens is 499 g/mol. The second-order valence-corrected chi connectivity index (χ2v) is 18.3. The average Bonchev–Trinajstić information content (AvgIpc) is 2.91. The molecule has 0 N–H and O–H groups in total. The lowest BCUT2D eigenvalue weighted by Gasteiger charge is -2.44. The first-order chi connectivity index (χ1) is 18.9. The Balaban J connectivity index is 1.83. The highest BCUT2D eigenvalue weighted by atomic mass is 28.3. The molecule has 0 saturated heterocycles. The van der Waals surface area contributed by atoms with Crippen LogP contribution in [0.3, 0.4) is 0 Å². The molecule has 0 saturated carbocycles. The van der Waals surface area contributed by atoms with Gasteiger partial charge >= 0.3 is 0 Å². The summed E-state index contributed by atoms with van der Waals surface area (Å²) in [6.07, 6.45) is 2.24. The number of rotatable bonds is 4. The van der Waals surface area contributed by atoms with Crippen molar-refractivity contribution >= 4 is 34.4 Å². The van der Waals surface area contributed by atoms with Crippen LogP contribution in [0.5, 0.6) is 0 Å². The predicted octanol–water partition coefficient (Wildman–Crippen LogP) is 7.52. The fourth-order valence-corrected chi connectivity index (χ4v) is 12.3. The van der Waals surface area contributed by atoms with E-state index in [1.807, 2.05) is 0 Å². The maximum atomic E-state index is 2.51. The number of aryl methyl sites for hydroxylation is 2. The van der Waals surface area contributed by atoms with Gasteiger partial charge in [0.05, 0.1) is 10.9 Å². The zero-order chi connectivity index (χ0) is 28.9. The SMILES string of the molecule is Cc1cc(C(C)(C)C)cc(-c2c3ccc([Si](c4ccccc4)(c4ccccc4)C(C)(C)C)cc3cc[n+]2C)c1C. The maximum absolute atomic E-state index is 2.51. The van der Waals surface area contributed by atoms with Crippen molar-refractivity contribution in [2.24, 2.45) is 7.05 Å². The number of nitrogens with zero attached hydrogens (tertiary/aromatic N) is 1. The third-order valence-corrected chi connectivity index (χ3v) is 14.7.